The lowest BCUT2D eigenvalue weighted by Crippen LogP contribution is -2.25. The molecular formula is C16H22O2S. The minimum atomic E-state index is -0.337. The molecule has 2 nitrogen and oxygen atoms in total. The molecule has 104 valence electrons. The van der Waals surface area contributed by atoms with Crippen LogP contribution in [0.4, 0.5) is 0 Å². The Morgan fingerprint density at radius 2 is 1.89 bits per heavy atom. The van der Waals surface area contributed by atoms with Gasteiger partial charge in [0.15, 0.2) is 0 Å². The second-order valence-electron chi connectivity index (χ2n) is 5.67. The van der Waals surface area contributed by atoms with Gasteiger partial charge in [0.2, 0.25) is 0 Å². The van der Waals surface area contributed by atoms with Crippen molar-refractivity contribution in [3.8, 4) is 0 Å². The first-order valence-corrected chi connectivity index (χ1v) is 7.49. The summed E-state index contributed by atoms with van der Waals surface area (Å²) in [5.74, 6) is -0.337. The van der Waals surface area contributed by atoms with Crippen LogP contribution in [0.3, 0.4) is 0 Å². The summed E-state index contributed by atoms with van der Waals surface area (Å²) < 4.78 is 5.65. The van der Waals surface area contributed by atoms with E-state index in [1.54, 1.807) is 18.7 Å². The Morgan fingerprint density at radius 3 is 2.37 bits per heavy atom. The molecule has 0 aliphatic heterocycles. The first-order valence-electron chi connectivity index (χ1n) is 6.26. The third kappa shape index (κ3) is 4.13. The van der Waals surface area contributed by atoms with Gasteiger partial charge in [-0.25, -0.2) is 4.79 Å². The summed E-state index contributed by atoms with van der Waals surface area (Å²) in [6, 6.07) is 8.04. The maximum absolute atomic E-state index is 11.8. The van der Waals surface area contributed by atoms with Crippen molar-refractivity contribution in [3.05, 3.63) is 42.0 Å². The summed E-state index contributed by atoms with van der Waals surface area (Å²) in [6.07, 6.45) is 1.75. The molecule has 0 spiro atoms. The number of rotatable bonds is 4. The largest absolute Gasteiger partial charge is 0.454 e. The van der Waals surface area contributed by atoms with Crippen LogP contribution in [0.2, 0.25) is 0 Å². The SMILES string of the molecule is C=C(C)C(=O)OC(c1ccccc1SC)C(C)(C)C. The Hall–Kier alpha value is -1.22. The summed E-state index contributed by atoms with van der Waals surface area (Å²) in [7, 11) is 0. The van der Waals surface area contributed by atoms with E-state index in [2.05, 4.69) is 27.4 Å². The molecule has 0 amide bonds. The number of carbonyl (C=O) groups is 1. The van der Waals surface area contributed by atoms with Gasteiger partial charge < -0.3 is 4.74 Å². The second-order valence-corrected chi connectivity index (χ2v) is 6.52. The van der Waals surface area contributed by atoms with Gasteiger partial charge in [-0.05, 0) is 19.2 Å². The van der Waals surface area contributed by atoms with Crippen LogP contribution in [-0.2, 0) is 9.53 Å². The molecule has 1 aromatic carbocycles. The van der Waals surface area contributed by atoms with Crippen molar-refractivity contribution in [2.45, 2.75) is 38.7 Å². The molecule has 0 aliphatic rings. The predicted molar refractivity (Wildman–Crippen MR) is 81.3 cm³/mol. The summed E-state index contributed by atoms with van der Waals surface area (Å²) in [4.78, 5) is 13.0. The smallest absolute Gasteiger partial charge is 0.333 e. The van der Waals surface area contributed by atoms with E-state index in [1.165, 1.54) is 0 Å². The van der Waals surface area contributed by atoms with E-state index in [0.717, 1.165) is 10.5 Å². The topological polar surface area (TPSA) is 26.3 Å². The minimum Gasteiger partial charge on any atom is -0.454 e. The van der Waals surface area contributed by atoms with Gasteiger partial charge in [-0.1, -0.05) is 45.5 Å². The van der Waals surface area contributed by atoms with Gasteiger partial charge in [-0.3, -0.25) is 0 Å². The van der Waals surface area contributed by atoms with Crippen LogP contribution in [-0.4, -0.2) is 12.2 Å². The maximum atomic E-state index is 11.8. The van der Waals surface area contributed by atoms with Gasteiger partial charge in [0.25, 0.3) is 0 Å². The van der Waals surface area contributed by atoms with Crippen molar-refractivity contribution in [1.29, 1.82) is 0 Å². The van der Waals surface area contributed by atoms with Crippen LogP contribution in [0.1, 0.15) is 39.4 Å². The molecule has 3 heteroatoms. The van der Waals surface area contributed by atoms with E-state index in [-0.39, 0.29) is 17.5 Å². The fourth-order valence-corrected chi connectivity index (χ4v) is 2.42. The quantitative estimate of drug-likeness (QED) is 0.457. The molecule has 0 N–H and O–H groups in total. The van der Waals surface area contributed by atoms with Crippen LogP contribution < -0.4 is 0 Å². The summed E-state index contributed by atoms with van der Waals surface area (Å²) >= 11 is 1.66. The van der Waals surface area contributed by atoms with Crippen LogP contribution in [0.5, 0.6) is 0 Å². The van der Waals surface area contributed by atoms with E-state index in [9.17, 15) is 4.79 Å². The van der Waals surface area contributed by atoms with E-state index in [1.807, 2.05) is 30.5 Å². The number of hydrogen-bond donors (Lipinski definition) is 0. The van der Waals surface area contributed by atoms with Crippen LogP contribution >= 0.6 is 11.8 Å². The number of ether oxygens (including phenoxy) is 1. The van der Waals surface area contributed by atoms with E-state index in [0.29, 0.717) is 5.57 Å². The molecular weight excluding hydrogens is 256 g/mol. The zero-order valence-corrected chi connectivity index (χ0v) is 13.1. The molecule has 0 aromatic heterocycles. The van der Waals surface area contributed by atoms with Gasteiger partial charge in [0.1, 0.15) is 6.10 Å². The van der Waals surface area contributed by atoms with Crippen molar-refractivity contribution in [1.82, 2.24) is 0 Å². The molecule has 0 heterocycles. The van der Waals surface area contributed by atoms with E-state index >= 15 is 0 Å². The molecule has 0 aliphatic carbocycles. The molecule has 0 saturated heterocycles. The lowest BCUT2D eigenvalue weighted by Gasteiger charge is -2.31. The molecule has 1 aromatic rings. The second kappa shape index (κ2) is 6.29. The number of carbonyl (C=O) groups excluding carboxylic acids is 1. The Morgan fingerprint density at radius 1 is 1.32 bits per heavy atom. The Kier molecular flexibility index (Phi) is 5.24. The molecule has 1 atom stereocenters. The summed E-state index contributed by atoms with van der Waals surface area (Å²) in [5.41, 5.74) is 1.31. The lowest BCUT2D eigenvalue weighted by molar-refractivity contribution is -0.150. The third-order valence-corrected chi connectivity index (χ3v) is 3.59. The van der Waals surface area contributed by atoms with Crippen molar-refractivity contribution in [3.63, 3.8) is 0 Å². The van der Waals surface area contributed by atoms with E-state index < -0.39 is 0 Å². The maximum Gasteiger partial charge on any atom is 0.333 e. The van der Waals surface area contributed by atoms with Gasteiger partial charge in [-0.15, -0.1) is 11.8 Å². The molecule has 0 saturated carbocycles. The summed E-state index contributed by atoms with van der Waals surface area (Å²) in [6.45, 7) is 11.5. The average molecular weight is 278 g/mol. The van der Waals surface area contributed by atoms with Gasteiger partial charge in [0.05, 0.1) is 0 Å². The van der Waals surface area contributed by atoms with Gasteiger partial charge >= 0.3 is 5.97 Å². The standard InChI is InChI=1S/C16H22O2S/c1-11(2)15(17)18-14(16(3,4)5)12-9-7-8-10-13(12)19-6/h7-10,14H,1H2,2-6H3. The highest BCUT2D eigenvalue weighted by atomic mass is 32.2. The average Bonchev–Trinajstić information content (AvgIpc) is 2.34. The lowest BCUT2D eigenvalue weighted by atomic mass is 9.84. The van der Waals surface area contributed by atoms with Gasteiger partial charge in [0, 0.05) is 21.4 Å². The molecule has 0 fully saturated rings. The van der Waals surface area contributed by atoms with Crippen LogP contribution in [0.25, 0.3) is 0 Å². The zero-order valence-electron chi connectivity index (χ0n) is 12.3. The molecule has 19 heavy (non-hydrogen) atoms. The monoisotopic (exact) mass is 278 g/mol. The zero-order chi connectivity index (χ0) is 14.6. The molecule has 1 unspecified atom stereocenters. The Bertz CT molecular complexity index is 472. The fourth-order valence-electron chi connectivity index (χ4n) is 1.80. The van der Waals surface area contributed by atoms with E-state index in [4.69, 9.17) is 4.74 Å². The molecule has 1 rings (SSSR count). The molecule has 0 bridgehead atoms. The Labute approximate surface area is 120 Å². The number of benzene rings is 1. The molecule has 0 radical (unpaired) electrons. The third-order valence-electron chi connectivity index (χ3n) is 2.78. The van der Waals surface area contributed by atoms with Crippen LogP contribution in [0.15, 0.2) is 41.3 Å². The van der Waals surface area contributed by atoms with Crippen molar-refractivity contribution in [2.24, 2.45) is 5.41 Å². The van der Waals surface area contributed by atoms with Crippen molar-refractivity contribution >= 4 is 17.7 Å². The fraction of sp³-hybridized carbons (Fsp3) is 0.438. The first-order chi connectivity index (χ1) is 8.77. The van der Waals surface area contributed by atoms with Crippen molar-refractivity contribution in [2.75, 3.05) is 6.26 Å². The number of esters is 1. The normalized spacial score (nSPS) is 12.9. The highest BCUT2D eigenvalue weighted by Gasteiger charge is 2.31. The summed E-state index contributed by atoms with van der Waals surface area (Å²) in [5, 5.41) is 0. The highest BCUT2D eigenvalue weighted by molar-refractivity contribution is 7.98. The van der Waals surface area contributed by atoms with Crippen molar-refractivity contribution < 1.29 is 9.53 Å². The highest BCUT2D eigenvalue weighted by Crippen LogP contribution is 2.40. The first kappa shape index (κ1) is 15.8. The Balaban J connectivity index is 3.18. The number of thioether (sulfide) groups is 1. The minimum absolute atomic E-state index is 0.170. The van der Waals surface area contributed by atoms with Gasteiger partial charge in [-0.2, -0.15) is 0 Å². The predicted octanol–water partition coefficient (Wildman–Crippen LogP) is 4.62. The number of hydrogen-bond acceptors (Lipinski definition) is 3. The van der Waals surface area contributed by atoms with Crippen LogP contribution in [0, 0.1) is 5.41 Å².